The van der Waals surface area contributed by atoms with Gasteiger partial charge in [-0.15, -0.1) is 0 Å². The van der Waals surface area contributed by atoms with E-state index in [0.717, 1.165) is 0 Å². The molecule has 0 atom stereocenters. The molecular formula is C8H5Cl2F2NO. The van der Waals surface area contributed by atoms with Gasteiger partial charge in [0.1, 0.15) is 0 Å². The molecule has 0 saturated carbocycles. The van der Waals surface area contributed by atoms with Crippen LogP contribution in [0.4, 0.5) is 14.5 Å². The first kappa shape index (κ1) is 11.2. The summed E-state index contributed by atoms with van der Waals surface area (Å²) in [4.78, 5) is 10.6. The number of carbonyl (C=O) groups excluding carboxylic acids is 1. The van der Waals surface area contributed by atoms with E-state index >= 15 is 0 Å². The van der Waals surface area contributed by atoms with E-state index in [1.165, 1.54) is 12.1 Å². The molecule has 14 heavy (non-hydrogen) atoms. The normalized spacial score (nSPS) is 10.4. The van der Waals surface area contributed by atoms with E-state index in [1.54, 1.807) is 6.07 Å². The van der Waals surface area contributed by atoms with Gasteiger partial charge in [0, 0.05) is 0 Å². The second-order valence-corrected chi connectivity index (χ2v) is 3.20. The smallest absolute Gasteiger partial charge is 0.315 e. The zero-order valence-electron chi connectivity index (χ0n) is 6.73. The third kappa shape index (κ3) is 2.56. The number of halogens is 4. The Hall–Kier alpha value is -0.870. The lowest BCUT2D eigenvalue weighted by atomic mass is 10.3. The Morgan fingerprint density at radius 3 is 2.21 bits per heavy atom. The lowest BCUT2D eigenvalue weighted by molar-refractivity contribution is -0.126. The van der Waals surface area contributed by atoms with E-state index in [-0.39, 0.29) is 15.7 Å². The van der Waals surface area contributed by atoms with E-state index in [0.29, 0.717) is 0 Å². The maximum absolute atomic E-state index is 11.9. The van der Waals surface area contributed by atoms with E-state index < -0.39 is 12.3 Å². The quantitative estimate of drug-likeness (QED) is 0.844. The van der Waals surface area contributed by atoms with Crippen molar-refractivity contribution in [3.63, 3.8) is 0 Å². The minimum absolute atomic E-state index is 0.00105. The third-order valence-corrected chi connectivity index (χ3v) is 2.04. The molecule has 0 aromatic heterocycles. The molecule has 0 bridgehead atoms. The van der Waals surface area contributed by atoms with Gasteiger partial charge in [-0.2, -0.15) is 8.78 Å². The minimum atomic E-state index is -3.10. The lowest BCUT2D eigenvalue weighted by Gasteiger charge is -2.07. The van der Waals surface area contributed by atoms with Crippen molar-refractivity contribution in [2.75, 3.05) is 5.32 Å². The molecule has 1 N–H and O–H groups in total. The number of nitrogens with one attached hydrogen (secondary N) is 1. The zero-order valence-corrected chi connectivity index (χ0v) is 8.24. The molecule has 6 heteroatoms. The van der Waals surface area contributed by atoms with Gasteiger partial charge in [0.2, 0.25) is 0 Å². The Morgan fingerprint density at radius 2 is 1.79 bits per heavy atom. The van der Waals surface area contributed by atoms with Gasteiger partial charge in [0.15, 0.2) is 0 Å². The van der Waals surface area contributed by atoms with Crippen LogP contribution in [0.25, 0.3) is 0 Å². The van der Waals surface area contributed by atoms with E-state index in [9.17, 15) is 13.6 Å². The molecule has 1 aromatic carbocycles. The maximum atomic E-state index is 11.9. The van der Waals surface area contributed by atoms with Crippen molar-refractivity contribution < 1.29 is 13.6 Å². The predicted octanol–water partition coefficient (Wildman–Crippen LogP) is 3.20. The van der Waals surface area contributed by atoms with Gasteiger partial charge in [-0.1, -0.05) is 29.3 Å². The Morgan fingerprint density at radius 1 is 1.29 bits per heavy atom. The van der Waals surface area contributed by atoms with Gasteiger partial charge in [0.05, 0.1) is 15.7 Å². The molecule has 2 nitrogen and oxygen atoms in total. The molecular weight excluding hydrogens is 235 g/mol. The van der Waals surface area contributed by atoms with E-state index in [2.05, 4.69) is 0 Å². The summed E-state index contributed by atoms with van der Waals surface area (Å²) < 4.78 is 23.8. The molecule has 0 fully saturated rings. The van der Waals surface area contributed by atoms with Gasteiger partial charge in [-0.25, -0.2) is 0 Å². The highest BCUT2D eigenvalue weighted by molar-refractivity contribution is 6.39. The van der Waals surface area contributed by atoms with Crippen LogP contribution in [0.3, 0.4) is 0 Å². The van der Waals surface area contributed by atoms with Crippen LogP contribution in [0, 0.1) is 0 Å². The first-order valence-electron chi connectivity index (χ1n) is 3.55. The molecule has 0 aliphatic heterocycles. The number of benzene rings is 1. The van der Waals surface area contributed by atoms with Crippen molar-refractivity contribution in [1.82, 2.24) is 0 Å². The molecule has 0 aliphatic carbocycles. The summed E-state index contributed by atoms with van der Waals surface area (Å²) in [6.07, 6.45) is -3.10. The van der Waals surface area contributed by atoms with Crippen LogP contribution in [-0.4, -0.2) is 12.3 Å². The first-order chi connectivity index (χ1) is 6.52. The molecule has 0 heterocycles. The maximum Gasteiger partial charge on any atom is 0.315 e. The molecule has 1 rings (SSSR count). The molecule has 0 saturated heterocycles. The Kier molecular flexibility index (Phi) is 3.66. The van der Waals surface area contributed by atoms with Gasteiger partial charge >= 0.3 is 6.43 Å². The van der Waals surface area contributed by atoms with Crippen LogP contribution in [-0.2, 0) is 4.79 Å². The molecule has 1 aromatic rings. The van der Waals surface area contributed by atoms with Crippen molar-refractivity contribution in [3.8, 4) is 0 Å². The summed E-state index contributed by atoms with van der Waals surface area (Å²) in [6.45, 7) is 0. The summed E-state index contributed by atoms with van der Waals surface area (Å²) in [5, 5.41) is 2.16. The highest BCUT2D eigenvalue weighted by Crippen LogP contribution is 2.29. The van der Waals surface area contributed by atoms with Crippen LogP contribution in [0.1, 0.15) is 0 Å². The highest BCUT2D eigenvalue weighted by Gasteiger charge is 2.17. The number of carbonyl (C=O) groups is 1. The van der Waals surface area contributed by atoms with E-state index in [4.69, 9.17) is 23.2 Å². The van der Waals surface area contributed by atoms with Gasteiger partial charge in [-0.3, -0.25) is 4.79 Å². The fourth-order valence-electron chi connectivity index (χ4n) is 0.795. The fraction of sp³-hybridized carbons (Fsp3) is 0.125. The van der Waals surface area contributed by atoms with Crippen LogP contribution in [0.5, 0.6) is 0 Å². The number of hydrogen-bond acceptors (Lipinski definition) is 1. The Balaban J connectivity index is 2.91. The van der Waals surface area contributed by atoms with Crippen LogP contribution >= 0.6 is 23.2 Å². The zero-order chi connectivity index (χ0) is 10.7. The fourth-order valence-corrected chi connectivity index (χ4v) is 1.29. The van der Waals surface area contributed by atoms with Gasteiger partial charge < -0.3 is 5.32 Å². The third-order valence-electron chi connectivity index (χ3n) is 1.41. The topological polar surface area (TPSA) is 29.1 Å². The summed E-state index contributed by atoms with van der Waals surface area (Å²) in [5.74, 6) is -1.43. The SMILES string of the molecule is O=C(Nc1c(Cl)cccc1Cl)C(F)F. The first-order valence-corrected chi connectivity index (χ1v) is 4.31. The predicted molar refractivity (Wildman–Crippen MR) is 51.1 cm³/mol. The van der Waals surface area contributed by atoms with Crippen LogP contribution < -0.4 is 5.32 Å². The molecule has 0 unspecified atom stereocenters. The van der Waals surface area contributed by atoms with Crippen LogP contribution in [0.15, 0.2) is 18.2 Å². The number of anilines is 1. The second kappa shape index (κ2) is 4.57. The molecule has 0 spiro atoms. The average molecular weight is 240 g/mol. The molecule has 76 valence electrons. The summed E-state index contributed by atoms with van der Waals surface area (Å²) in [7, 11) is 0. The summed E-state index contributed by atoms with van der Waals surface area (Å²) >= 11 is 11.3. The Bertz CT molecular complexity index is 337. The van der Waals surface area contributed by atoms with Crippen molar-refractivity contribution >= 4 is 34.8 Å². The number of para-hydroxylation sites is 1. The number of alkyl halides is 2. The average Bonchev–Trinajstić information content (AvgIpc) is 2.11. The van der Waals surface area contributed by atoms with Gasteiger partial charge in [0.25, 0.3) is 5.91 Å². The number of hydrogen-bond donors (Lipinski definition) is 1. The van der Waals surface area contributed by atoms with Crippen LogP contribution in [0.2, 0.25) is 10.0 Å². The number of rotatable bonds is 2. The monoisotopic (exact) mass is 239 g/mol. The lowest BCUT2D eigenvalue weighted by Crippen LogP contribution is -2.20. The van der Waals surface area contributed by atoms with Gasteiger partial charge in [-0.05, 0) is 12.1 Å². The highest BCUT2D eigenvalue weighted by atomic mass is 35.5. The molecule has 0 radical (unpaired) electrons. The summed E-state index contributed by atoms with van der Waals surface area (Å²) in [5.41, 5.74) is 0.00105. The molecule has 1 amide bonds. The van der Waals surface area contributed by atoms with Crippen molar-refractivity contribution in [2.45, 2.75) is 6.43 Å². The molecule has 0 aliphatic rings. The minimum Gasteiger partial charge on any atom is -0.319 e. The largest absolute Gasteiger partial charge is 0.319 e. The van der Waals surface area contributed by atoms with Crippen molar-refractivity contribution in [2.24, 2.45) is 0 Å². The summed E-state index contributed by atoms with van der Waals surface area (Å²) in [6, 6.07) is 4.42. The number of amides is 1. The van der Waals surface area contributed by atoms with Crippen molar-refractivity contribution in [1.29, 1.82) is 0 Å². The standard InChI is InChI=1S/C8H5Cl2F2NO/c9-4-2-1-3-5(10)6(4)13-8(14)7(11)12/h1-3,7H,(H,13,14). The second-order valence-electron chi connectivity index (χ2n) is 2.39. The van der Waals surface area contributed by atoms with Crippen molar-refractivity contribution in [3.05, 3.63) is 28.2 Å². The van der Waals surface area contributed by atoms with E-state index in [1.807, 2.05) is 5.32 Å². The Labute approximate surface area is 88.8 Å².